The zero-order valence-electron chi connectivity index (χ0n) is 25.1. The van der Waals surface area contributed by atoms with E-state index in [9.17, 15) is 24.3 Å². The first-order chi connectivity index (χ1) is 21.6. The fraction of sp³-hybridized carbons (Fsp3) is 0.286. The second-order valence-electron chi connectivity index (χ2n) is 11.4. The highest BCUT2D eigenvalue weighted by Gasteiger charge is 2.36. The number of Topliss-reactive ketones (excluding diaryl/α,β-unsaturated/α-hetero) is 1. The number of halogens is 1. The van der Waals surface area contributed by atoms with E-state index in [0.717, 1.165) is 33.6 Å². The number of benzene rings is 3. The van der Waals surface area contributed by atoms with E-state index in [1.54, 1.807) is 0 Å². The van der Waals surface area contributed by atoms with Crippen molar-refractivity contribution < 1.29 is 24.3 Å². The van der Waals surface area contributed by atoms with Gasteiger partial charge in [0.1, 0.15) is 6.04 Å². The largest absolute Gasteiger partial charge is 0.481 e. The molecule has 0 fully saturated rings. The molecule has 0 radical (unpaired) electrons. The van der Waals surface area contributed by atoms with Crippen molar-refractivity contribution in [1.29, 1.82) is 0 Å². The average Bonchev–Trinajstić information content (AvgIpc) is 3.41. The zero-order chi connectivity index (χ0) is 32.1. The van der Waals surface area contributed by atoms with Gasteiger partial charge in [0.05, 0.1) is 35.5 Å². The fourth-order valence-corrected chi connectivity index (χ4v) is 5.85. The highest BCUT2D eigenvalue weighted by atomic mass is 35.5. The Bertz CT molecular complexity index is 1700. The lowest BCUT2D eigenvalue weighted by atomic mass is 9.85. The topological polar surface area (TPSA) is 130 Å². The highest BCUT2D eigenvalue weighted by molar-refractivity contribution is 6.30. The Hall–Kier alpha value is -4.76. The Kier molecular flexibility index (Phi) is 9.78. The zero-order valence-corrected chi connectivity index (χ0v) is 25.9. The van der Waals surface area contributed by atoms with Crippen molar-refractivity contribution in [1.82, 2.24) is 20.4 Å². The third-order valence-electron chi connectivity index (χ3n) is 8.08. The molecule has 3 atom stereocenters. The normalized spacial score (nSPS) is 15.4. The molecule has 9 nitrogen and oxygen atoms in total. The maximum absolute atomic E-state index is 13.8. The van der Waals surface area contributed by atoms with Gasteiger partial charge in [-0.2, -0.15) is 5.10 Å². The van der Waals surface area contributed by atoms with E-state index in [2.05, 4.69) is 10.6 Å². The van der Waals surface area contributed by atoms with Crippen molar-refractivity contribution in [2.45, 2.75) is 64.0 Å². The summed E-state index contributed by atoms with van der Waals surface area (Å²) >= 11 is 6.19. The van der Waals surface area contributed by atoms with E-state index in [4.69, 9.17) is 16.7 Å². The number of fused-ring (bicyclic) bond motifs is 1. The van der Waals surface area contributed by atoms with Crippen LogP contribution in [-0.2, 0) is 32.0 Å². The number of hydrogen-bond donors (Lipinski definition) is 3. The van der Waals surface area contributed by atoms with Crippen LogP contribution in [0.1, 0.15) is 54.5 Å². The van der Waals surface area contributed by atoms with Gasteiger partial charge in [-0.3, -0.25) is 19.2 Å². The molecule has 1 heterocycles. The summed E-state index contributed by atoms with van der Waals surface area (Å²) in [6.45, 7) is 3.37. The van der Waals surface area contributed by atoms with Crippen LogP contribution in [0.4, 0.5) is 0 Å². The van der Waals surface area contributed by atoms with E-state index in [1.165, 1.54) is 6.92 Å². The predicted molar refractivity (Wildman–Crippen MR) is 171 cm³/mol. The van der Waals surface area contributed by atoms with Crippen LogP contribution >= 0.6 is 11.6 Å². The number of ketones is 1. The molecule has 1 aliphatic carbocycles. The molecule has 0 saturated heterocycles. The summed E-state index contributed by atoms with van der Waals surface area (Å²) in [6, 6.07) is 22.3. The van der Waals surface area contributed by atoms with Crippen molar-refractivity contribution in [3.63, 3.8) is 0 Å². The molecule has 3 aromatic carbocycles. The van der Waals surface area contributed by atoms with Gasteiger partial charge in [-0.05, 0) is 69.4 Å². The number of nitrogens with zero attached hydrogens (tertiary/aromatic N) is 2. The first kappa shape index (κ1) is 31.7. The Balaban J connectivity index is 1.44. The van der Waals surface area contributed by atoms with Gasteiger partial charge in [-0.1, -0.05) is 71.8 Å². The van der Waals surface area contributed by atoms with E-state index >= 15 is 0 Å². The van der Waals surface area contributed by atoms with Gasteiger partial charge < -0.3 is 15.7 Å². The number of amides is 2. The Morgan fingerprint density at radius 2 is 1.64 bits per heavy atom. The van der Waals surface area contributed by atoms with Gasteiger partial charge in [-0.15, -0.1) is 0 Å². The number of carboxylic acids is 1. The van der Waals surface area contributed by atoms with Crippen LogP contribution in [0.2, 0.25) is 5.02 Å². The van der Waals surface area contributed by atoms with Gasteiger partial charge in [-0.25, -0.2) is 4.68 Å². The summed E-state index contributed by atoms with van der Waals surface area (Å²) < 4.78 is 1.83. The van der Waals surface area contributed by atoms with Crippen LogP contribution in [0, 0.1) is 6.92 Å². The van der Waals surface area contributed by atoms with Gasteiger partial charge >= 0.3 is 5.97 Å². The SMILES string of the molecule is CC(=O)C(Cc1ccccc1)NC(=O)C(CC(=O)O)NC(=O)C1CCCc2c1nn(-c1ccc(C)cc1)c2-c1ccc(Cl)cc1. The Labute approximate surface area is 266 Å². The number of hydrogen-bond acceptors (Lipinski definition) is 5. The lowest BCUT2D eigenvalue weighted by Gasteiger charge is -2.25. The van der Waals surface area contributed by atoms with Crippen molar-refractivity contribution in [2.75, 3.05) is 0 Å². The van der Waals surface area contributed by atoms with Crippen LogP contribution in [0.3, 0.4) is 0 Å². The summed E-state index contributed by atoms with van der Waals surface area (Å²) in [5.41, 5.74) is 6.02. The van der Waals surface area contributed by atoms with E-state index in [-0.39, 0.29) is 12.2 Å². The van der Waals surface area contributed by atoms with Crippen molar-refractivity contribution in [3.8, 4) is 16.9 Å². The molecule has 2 amide bonds. The molecular weight excluding hydrogens is 592 g/mol. The molecule has 45 heavy (non-hydrogen) atoms. The van der Waals surface area contributed by atoms with E-state index in [0.29, 0.717) is 30.0 Å². The molecule has 1 aromatic heterocycles. The highest BCUT2D eigenvalue weighted by Crippen LogP contribution is 2.39. The van der Waals surface area contributed by atoms with E-state index in [1.807, 2.05) is 90.5 Å². The number of carbonyl (C=O) groups is 4. The number of aromatic nitrogens is 2. The molecule has 5 rings (SSSR count). The van der Waals surface area contributed by atoms with Gasteiger partial charge in [0.2, 0.25) is 11.8 Å². The molecule has 4 aromatic rings. The molecular formula is C35H35ClN4O5. The monoisotopic (exact) mass is 626 g/mol. The lowest BCUT2D eigenvalue weighted by Crippen LogP contribution is -2.53. The first-order valence-corrected chi connectivity index (χ1v) is 15.3. The number of carbonyl (C=O) groups excluding carboxylic acids is 3. The van der Waals surface area contributed by atoms with Crippen molar-refractivity contribution in [3.05, 3.63) is 106 Å². The first-order valence-electron chi connectivity index (χ1n) is 14.9. The third-order valence-corrected chi connectivity index (χ3v) is 8.33. The van der Waals surface area contributed by atoms with Crippen LogP contribution in [0.5, 0.6) is 0 Å². The van der Waals surface area contributed by atoms with Crippen molar-refractivity contribution >= 4 is 35.2 Å². The number of nitrogens with one attached hydrogen (secondary N) is 2. The van der Waals surface area contributed by atoms with E-state index < -0.39 is 42.2 Å². The van der Waals surface area contributed by atoms with Crippen LogP contribution in [0.25, 0.3) is 16.9 Å². The summed E-state index contributed by atoms with van der Waals surface area (Å²) in [4.78, 5) is 51.4. The molecule has 1 aliphatic rings. The maximum Gasteiger partial charge on any atom is 0.305 e. The summed E-state index contributed by atoms with van der Waals surface area (Å²) in [6.07, 6.45) is 1.48. The van der Waals surface area contributed by atoms with Gasteiger partial charge in [0.15, 0.2) is 5.78 Å². The third kappa shape index (κ3) is 7.49. The number of aryl methyl sites for hydroxylation is 1. The lowest BCUT2D eigenvalue weighted by molar-refractivity contribution is -0.141. The van der Waals surface area contributed by atoms with Gasteiger partial charge in [0, 0.05) is 16.1 Å². The van der Waals surface area contributed by atoms with Crippen LogP contribution in [-0.4, -0.2) is 50.5 Å². The predicted octanol–water partition coefficient (Wildman–Crippen LogP) is 5.20. The van der Waals surface area contributed by atoms with Crippen molar-refractivity contribution in [2.24, 2.45) is 0 Å². The van der Waals surface area contributed by atoms with Crippen LogP contribution in [0.15, 0.2) is 78.9 Å². The standard InChI is InChI=1S/C35H35ClN4O5/c1-21-11-17-26(18-12-21)40-33(24-13-15-25(36)16-14-24)27-9-6-10-28(32(27)39-40)34(44)38-30(20-31(42)43)35(45)37-29(22(2)41)19-23-7-4-3-5-8-23/h3-5,7-8,11-18,28-30H,6,9-10,19-20H2,1-2H3,(H,37,45)(H,38,44)(H,42,43). The number of carboxylic acid groups (broad SMARTS) is 1. The molecule has 10 heteroatoms. The second-order valence-corrected chi connectivity index (χ2v) is 11.9. The molecule has 0 spiro atoms. The molecule has 0 bridgehead atoms. The minimum atomic E-state index is -1.38. The van der Waals surface area contributed by atoms with Gasteiger partial charge in [0.25, 0.3) is 0 Å². The molecule has 3 N–H and O–H groups in total. The Morgan fingerprint density at radius 3 is 2.29 bits per heavy atom. The molecule has 0 saturated carbocycles. The minimum Gasteiger partial charge on any atom is -0.481 e. The molecule has 3 unspecified atom stereocenters. The second kappa shape index (κ2) is 13.9. The fourth-order valence-electron chi connectivity index (χ4n) is 5.72. The Morgan fingerprint density at radius 1 is 0.956 bits per heavy atom. The summed E-state index contributed by atoms with van der Waals surface area (Å²) in [7, 11) is 0. The minimum absolute atomic E-state index is 0.242. The maximum atomic E-state index is 13.8. The number of rotatable bonds is 11. The number of aliphatic carboxylic acids is 1. The summed E-state index contributed by atoms with van der Waals surface area (Å²) in [5.74, 6) is -3.46. The summed E-state index contributed by atoms with van der Waals surface area (Å²) in [5, 5.41) is 20.5. The smallest absolute Gasteiger partial charge is 0.305 e. The molecule has 0 aliphatic heterocycles. The molecule has 232 valence electrons. The van der Waals surface area contributed by atoms with Crippen LogP contribution < -0.4 is 10.6 Å². The quantitative estimate of drug-likeness (QED) is 0.210. The average molecular weight is 627 g/mol.